The van der Waals surface area contributed by atoms with Gasteiger partial charge in [-0.15, -0.1) is 24.0 Å². The summed E-state index contributed by atoms with van der Waals surface area (Å²) < 4.78 is 11.3. The van der Waals surface area contributed by atoms with E-state index < -0.39 is 0 Å². The van der Waals surface area contributed by atoms with Gasteiger partial charge in [0.1, 0.15) is 6.10 Å². The Morgan fingerprint density at radius 1 is 1.24 bits per heavy atom. The van der Waals surface area contributed by atoms with Gasteiger partial charge >= 0.3 is 0 Å². The molecule has 0 aliphatic carbocycles. The molecule has 0 saturated carbocycles. The number of ether oxygens (including phenoxy) is 2. The number of nitrogens with one attached hydrogen (secondary N) is 2. The van der Waals surface area contributed by atoms with Gasteiger partial charge in [0.05, 0.1) is 13.7 Å². The first kappa shape index (κ1) is 25.8. The van der Waals surface area contributed by atoms with Crippen molar-refractivity contribution in [1.29, 1.82) is 0 Å². The third-order valence-electron chi connectivity index (χ3n) is 5.11. The first-order valence-corrected chi connectivity index (χ1v) is 10.6. The van der Waals surface area contributed by atoms with E-state index in [0.29, 0.717) is 6.54 Å². The lowest BCUT2D eigenvalue weighted by Crippen LogP contribution is -2.42. The number of piperidine rings is 1. The fraction of sp³-hybridized carbons (Fsp3) is 0.682. The van der Waals surface area contributed by atoms with Crippen molar-refractivity contribution < 1.29 is 9.47 Å². The van der Waals surface area contributed by atoms with Crippen LogP contribution in [0, 0.1) is 5.92 Å². The summed E-state index contributed by atoms with van der Waals surface area (Å²) in [4.78, 5) is 6.91. The number of rotatable bonds is 10. The number of aliphatic imine (C=N–C) groups is 1. The molecule has 0 radical (unpaired) electrons. The average molecular weight is 518 g/mol. The van der Waals surface area contributed by atoms with Crippen LogP contribution in [0.5, 0.6) is 11.5 Å². The number of guanidine groups is 1. The second-order valence-corrected chi connectivity index (χ2v) is 7.71. The predicted octanol–water partition coefficient (Wildman–Crippen LogP) is 3.76. The third kappa shape index (κ3) is 9.89. The summed E-state index contributed by atoms with van der Waals surface area (Å²) in [6, 6.07) is 7.71. The molecule has 166 valence electrons. The van der Waals surface area contributed by atoms with Crippen molar-refractivity contribution in [2.45, 2.75) is 45.6 Å². The Bertz CT molecular complexity index is 600. The molecule has 0 amide bonds. The van der Waals surface area contributed by atoms with Crippen LogP contribution in [0.3, 0.4) is 0 Å². The van der Waals surface area contributed by atoms with Gasteiger partial charge in [0.2, 0.25) is 0 Å². The zero-order chi connectivity index (χ0) is 20.2. The van der Waals surface area contributed by atoms with Gasteiger partial charge in [0.25, 0.3) is 0 Å². The van der Waals surface area contributed by atoms with E-state index in [0.717, 1.165) is 36.3 Å². The number of halogens is 1. The van der Waals surface area contributed by atoms with Gasteiger partial charge in [0, 0.05) is 20.1 Å². The van der Waals surface area contributed by atoms with Gasteiger partial charge in [0.15, 0.2) is 17.5 Å². The molecule has 1 heterocycles. The van der Waals surface area contributed by atoms with Crippen LogP contribution in [0.15, 0.2) is 29.3 Å². The van der Waals surface area contributed by atoms with Crippen LogP contribution in [-0.2, 0) is 0 Å². The zero-order valence-electron chi connectivity index (χ0n) is 18.4. The number of likely N-dealkylation sites (tertiary alicyclic amines) is 1. The Kier molecular flexibility index (Phi) is 13.1. The second kappa shape index (κ2) is 14.7. The van der Waals surface area contributed by atoms with E-state index in [2.05, 4.69) is 27.4 Å². The van der Waals surface area contributed by atoms with Crippen molar-refractivity contribution in [2.24, 2.45) is 10.9 Å². The highest BCUT2D eigenvalue weighted by atomic mass is 127. The SMILES string of the molecule is CN=C(NCCCCN1CCCC(C)C1)NCC(C)Oc1ccccc1OC.I. The molecule has 0 aromatic heterocycles. The number of benzene rings is 1. The highest BCUT2D eigenvalue weighted by molar-refractivity contribution is 14.0. The van der Waals surface area contributed by atoms with Crippen molar-refractivity contribution in [3.8, 4) is 11.5 Å². The number of unbranched alkanes of at least 4 members (excludes halogenated alkanes) is 1. The van der Waals surface area contributed by atoms with E-state index >= 15 is 0 Å². The Hall–Kier alpha value is -1.22. The molecule has 2 rings (SSSR count). The van der Waals surface area contributed by atoms with Crippen molar-refractivity contribution in [2.75, 3.05) is 46.9 Å². The normalized spacial score (nSPS) is 18.5. The molecule has 2 atom stereocenters. The number of hydrogen-bond acceptors (Lipinski definition) is 4. The second-order valence-electron chi connectivity index (χ2n) is 7.71. The zero-order valence-corrected chi connectivity index (χ0v) is 20.8. The maximum absolute atomic E-state index is 5.97. The Morgan fingerprint density at radius 3 is 2.69 bits per heavy atom. The fourth-order valence-electron chi connectivity index (χ4n) is 3.59. The Labute approximate surface area is 193 Å². The third-order valence-corrected chi connectivity index (χ3v) is 5.11. The molecular weight excluding hydrogens is 479 g/mol. The molecule has 0 bridgehead atoms. The van der Waals surface area contributed by atoms with Crippen LogP contribution in [-0.4, -0.2) is 63.8 Å². The Morgan fingerprint density at radius 2 is 2.00 bits per heavy atom. The molecule has 2 unspecified atom stereocenters. The minimum atomic E-state index is -0.00376. The summed E-state index contributed by atoms with van der Waals surface area (Å²) in [6.07, 6.45) is 5.11. The lowest BCUT2D eigenvalue weighted by molar-refractivity contribution is 0.181. The first-order chi connectivity index (χ1) is 13.6. The maximum atomic E-state index is 5.97. The molecule has 1 aromatic carbocycles. The molecule has 0 spiro atoms. The lowest BCUT2D eigenvalue weighted by atomic mass is 10.0. The quantitative estimate of drug-likeness (QED) is 0.214. The van der Waals surface area contributed by atoms with Crippen molar-refractivity contribution in [3.63, 3.8) is 0 Å². The summed E-state index contributed by atoms with van der Waals surface area (Å²) in [7, 11) is 3.46. The smallest absolute Gasteiger partial charge is 0.191 e. The maximum Gasteiger partial charge on any atom is 0.191 e. The first-order valence-electron chi connectivity index (χ1n) is 10.6. The predicted molar refractivity (Wildman–Crippen MR) is 132 cm³/mol. The average Bonchev–Trinajstić information content (AvgIpc) is 2.70. The van der Waals surface area contributed by atoms with E-state index in [9.17, 15) is 0 Å². The largest absolute Gasteiger partial charge is 0.493 e. The molecule has 1 aliphatic rings. The summed E-state index contributed by atoms with van der Waals surface area (Å²) >= 11 is 0. The van der Waals surface area contributed by atoms with E-state index in [1.807, 2.05) is 31.2 Å². The topological polar surface area (TPSA) is 58.1 Å². The van der Waals surface area contributed by atoms with Crippen molar-refractivity contribution >= 4 is 29.9 Å². The van der Waals surface area contributed by atoms with Crippen molar-refractivity contribution in [1.82, 2.24) is 15.5 Å². The molecule has 7 heteroatoms. The van der Waals surface area contributed by atoms with Crippen LogP contribution in [0.1, 0.15) is 39.5 Å². The van der Waals surface area contributed by atoms with Gasteiger partial charge in [-0.1, -0.05) is 19.1 Å². The van der Waals surface area contributed by atoms with Crippen molar-refractivity contribution in [3.05, 3.63) is 24.3 Å². The number of para-hydroxylation sites is 2. The number of methoxy groups -OCH3 is 1. The van der Waals surface area contributed by atoms with Gasteiger partial charge in [-0.3, -0.25) is 4.99 Å². The van der Waals surface area contributed by atoms with Crippen LogP contribution < -0.4 is 20.1 Å². The minimum absolute atomic E-state index is 0. The molecule has 6 nitrogen and oxygen atoms in total. The monoisotopic (exact) mass is 518 g/mol. The minimum Gasteiger partial charge on any atom is -0.493 e. The van der Waals surface area contributed by atoms with Crippen LogP contribution >= 0.6 is 24.0 Å². The molecule has 29 heavy (non-hydrogen) atoms. The van der Waals surface area contributed by atoms with Gasteiger partial charge in [-0.05, 0) is 63.7 Å². The molecule has 1 saturated heterocycles. The van der Waals surface area contributed by atoms with E-state index in [4.69, 9.17) is 9.47 Å². The van der Waals surface area contributed by atoms with Gasteiger partial charge < -0.3 is 25.0 Å². The molecule has 2 N–H and O–H groups in total. The molecular formula is C22H39IN4O2. The molecule has 1 fully saturated rings. The lowest BCUT2D eigenvalue weighted by Gasteiger charge is -2.30. The van der Waals surface area contributed by atoms with Crippen LogP contribution in [0.4, 0.5) is 0 Å². The van der Waals surface area contributed by atoms with Crippen LogP contribution in [0.25, 0.3) is 0 Å². The summed E-state index contributed by atoms with van der Waals surface area (Å²) in [5.74, 6) is 3.19. The van der Waals surface area contributed by atoms with Crippen LogP contribution in [0.2, 0.25) is 0 Å². The van der Waals surface area contributed by atoms with E-state index in [1.54, 1.807) is 14.2 Å². The fourth-order valence-corrected chi connectivity index (χ4v) is 3.59. The number of hydrogen-bond donors (Lipinski definition) is 2. The highest BCUT2D eigenvalue weighted by Crippen LogP contribution is 2.26. The highest BCUT2D eigenvalue weighted by Gasteiger charge is 2.15. The Balaban J connectivity index is 0.00000420. The summed E-state index contributed by atoms with van der Waals surface area (Å²) in [6.45, 7) is 9.75. The van der Waals surface area contributed by atoms with Gasteiger partial charge in [-0.25, -0.2) is 0 Å². The van der Waals surface area contributed by atoms with Gasteiger partial charge in [-0.2, -0.15) is 0 Å². The number of nitrogens with zero attached hydrogens (tertiary/aromatic N) is 2. The van der Waals surface area contributed by atoms with E-state index in [1.165, 1.54) is 38.9 Å². The van der Waals surface area contributed by atoms with E-state index in [-0.39, 0.29) is 30.1 Å². The molecule has 1 aliphatic heterocycles. The summed E-state index contributed by atoms with van der Waals surface area (Å²) in [5.41, 5.74) is 0. The summed E-state index contributed by atoms with van der Waals surface area (Å²) in [5, 5.41) is 6.73. The standard InChI is InChI=1S/C22H38N4O2.HI/c1-18-10-9-15-26(17-18)14-8-7-13-24-22(23-3)25-16-19(2)28-21-12-6-5-11-20(21)27-4;/h5-6,11-12,18-19H,7-10,13-17H2,1-4H3,(H2,23,24,25);1H. The molecule has 1 aromatic rings.